The van der Waals surface area contributed by atoms with Crippen molar-refractivity contribution >= 4 is 12.2 Å². The topological polar surface area (TPSA) is 81.3 Å². The summed E-state index contributed by atoms with van der Waals surface area (Å²) in [7, 11) is 0. The van der Waals surface area contributed by atoms with E-state index in [1.54, 1.807) is 24.6 Å². The lowest BCUT2D eigenvalue weighted by molar-refractivity contribution is -0.611. The van der Waals surface area contributed by atoms with Gasteiger partial charge in [-0.3, -0.25) is 4.79 Å². The normalized spacial score (nSPS) is 16.9. The third-order valence-corrected chi connectivity index (χ3v) is 1.70. The fourth-order valence-electron chi connectivity index (χ4n) is 1.04. The Morgan fingerprint density at radius 1 is 1.85 bits per heavy atom. The first kappa shape index (κ1) is 9.88. The molecule has 0 aliphatic carbocycles. The highest BCUT2D eigenvalue weighted by Gasteiger charge is 2.19. The number of hydrogen-bond acceptors (Lipinski definition) is 4. The van der Waals surface area contributed by atoms with Gasteiger partial charge in [-0.05, 0) is 6.92 Å². The summed E-state index contributed by atoms with van der Waals surface area (Å²) in [6.45, 7) is 2.16. The van der Waals surface area contributed by atoms with Gasteiger partial charge in [-0.2, -0.15) is 5.43 Å². The van der Waals surface area contributed by atoms with Gasteiger partial charge in [0, 0.05) is 6.08 Å². The summed E-state index contributed by atoms with van der Waals surface area (Å²) in [4.78, 5) is 11.0. The van der Waals surface area contributed by atoms with Crippen molar-refractivity contribution in [2.75, 3.05) is 6.61 Å². The maximum atomic E-state index is 11.0. The van der Waals surface area contributed by atoms with Crippen LogP contribution in [0.2, 0.25) is 0 Å². The molecule has 5 heteroatoms. The average molecular weight is 184 g/mol. The molecule has 0 saturated heterocycles. The molecule has 1 heterocycles. The SMILES string of the molecule is CCOC(=O)CC(N)C1=CC=N[NH2+]1. The van der Waals surface area contributed by atoms with Crippen molar-refractivity contribution in [2.24, 2.45) is 10.8 Å². The summed E-state index contributed by atoms with van der Waals surface area (Å²) in [6.07, 6.45) is 3.66. The number of allylic oxidation sites excluding steroid dienone is 1. The molecule has 0 aromatic heterocycles. The molecule has 5 nitrogen and oxygen atoms in total. The summed E-state index contributed by atoms with van der Waals surface area (Å²) in [6, 6.07) is -0.304. The highest BCUT2D eigenvalue weighted by Crippen LogP contribution is 1.99. The highest BCUT2D eigenvalue weighted by atomic mass is 16.5. The molecule has 0 amide bonds. The van der Waals surface area contributed by atoms with Crippen LogP contribution in [0.5, 0.6) is 0 Å². The largest absolute Gasteiger partial charge is 0.466 e. The van der Waals surface area contributed by atoms with Crippen LogP contribution >= 0.6 is 0 Å². The summed E-state index contributed by atoms with van der Waals surface area (Å²) in [5, 5.41) is 3.86. The maximum Gasteiger partial charge on any atom is 0.307 e. The molecule has 4 N–H and O–H groups in total. The van der Waals surface area contributed by atoms with Gasteiger partial charge in [0.15, 0.2) is 5.70 Å². The predicted octanol–water partition coefficient (Wildman–Crippen LogP) is -1.29. The third-order valence-electron chi connectivity index (χ3n) is 1.70. The molecule has 0 aromatic carbocycles. The van der Waals surface area contributed by atoms with Gasteiger partial charge in [-0.25, -0.2) is 0 Å². The molecule has 0 aromatic rings. The van der Waals surface area contributed by atoms with Gasteiger partial charge >= 0.3 is 5.97 Å². The molecule has 13 heavy (non-hydrogen) atoms. The molecular weight excluding hydrogens is 170 g/mol. The Morgan fingerprint density at radius 2 is 2.62 bits per heavy atom. The van der Waals surface area contributed by atoms with Crippen molar-refractivity contribution in [1.82, 2.24) is 0 Å². The third kappa shape index (κ3) is 2.96. The Kier molecular flexibility index (Phi) is 3.60. The van der Waals surface area contributed by atoms with Crippen LogP contribution in [-0.2, 0) is 9.53 Å². The first-order chi connectivity index (χ1) is 6.24. The number of nitrogens with two attached hydrogens (primary N) is 2. The molecular formula is C8H14N3O2+. The van der Waals surface area contributed by atoms with Crippen LogP contribution < -0.4 is 11.2 Å². The van der Waals surface area contributed by atoms with Crippen LogP contribution in [0.15, 0.2) is 16.9 Å². The Bertz CT molecular complexity index is 248. The van der Waals surface area contributed by atoms with Gasteiger partial charge in [0.25, 0.3) is 0 Å². The molecule has 0 radical (unpaired) electrons. The van der Waals surface area contributed by atoms with Crippen molar-refractivity contribution < 1.29 is 15.0 Å². The number of quaternary nitrogens is 1. The number of carbonyl (C=O) groups excluding carboxylic acids is 1. The van der Waals surface area contributed by atoms with Gasteiger partial charge in [0.1, 0.15) is 0 Å². The number of rotatable bonds is 4. The van der Waals surface area contributed by atoms with Crippen LogP contribution in [0, 0.1) is 0 Å². The van der Waals surface area contributed by atoms with Crippen molar-refractivity contribution in [2.45, 2.75) is 19.4 Å². The second-order valence-corrected chi connectivity index (χ2v) is 2.71. The van der Waals surface area contributed by atoms with Crippen LogP contribution in [-0.4, -0.2) is 24.8 Å². The van der Waals surface area contributed by atoms with Gasteiger partial charge in [0.05, 0.1) is 25.3 Å². The molecule has 1 aliphatic heterocycles. The van der Waals surface area contributed by atoms with E-state index in [0.29, 0.717) is 6.61 Å². The van der Waals surface area contributed by atoms with Crippen LogP contribution in [0.25, 0.3) is 0 Å². The van der Waals surface area contributed by atoms with Crippen molar-refractivity contribution in [1.29, 1.82) is 0 Å². The zero-order chi connectivity index (χ0) is 9.68. The van der Waals surface area contributed by atoms with Crippen LogP contribution in [0.3, 0.4) is 0 Å². The second-order valence-electron chi connectivity index (χ2n) is 2.71. The number of nitrogens with zero attached hydrogens (tertiary/aromatic N) is 1. The maximum absolute atomic E-state index is 11.0. The zero-order valence-corrected chi connectivity index (χ0v) is 7.56. The molecule has 1 unspecified atom stereocenters. The van der Waals surface area contributed by atoms with E-state index >= 15 is 0 Å². The Labute approximate surface area is 76.6 Å². The van der Waals surface area contributed by atoms with Crippen LogP contribution in [0.4, 0.5) is 0 Å². The van der Waals surface area contributed by atoms with Crippen molar-refractivity contribution in [3.63, 3.8) is 0 Å². The van der Waals surface area contributed by atoms with Gasteiger partial charge < -0.3 is 10.5 Å². The fraction of sp³-hybridized carbons (Fsp3) is 0.500. The minimum atomic E-state index is -0.304. The minimum Gasteiger partial charge on any atom is -0.466 e. The van der Waals surface area contributed by atoms with Crippen molar-refractivity contribution in [3.05, 3.63) is 11.8 Å². The Balaban J connectivity index is 2.32. The molecule has 0 bridgehead atoms. The lowest BCUT2D eigenvalue weighted by Gasteiger charge is -2.07. The van der Waals surface area contributed by atoms with Gasteiger partial charge in [-0.15, -0.1) is 0 Å². The van der Waals surface area contributed by atoms with E-state index in [1.807, 2.05) is 0 Å². The van der Waals surface area contributed by atoms with E-state index in [0.717, 1.165) is 5.70 Å². The average Bonchev–Trinajstić information content (AvgIpc) is 2.55. The monoisotopic (exact) mass is 184 g/mol. The summed E-state index contributed by atoms with van der Waals surface area (Å²) in [5.41, 5.74) is 8.26. The molecule has 72 valence electrons. The number of ether oxygens (including phenoxy) is 1. The van der Waals surface area contributed by atoms with E-state index < -0.39 is 0 Å². The van der Waals surface area contributed by atoms with E-state index in [4.69, 9.17) is 10.5 Å². The summed E-state index contributed by atoms with van der Waals surface area (Å²) < 4.78 is 4.77. The highest BCUT2D eigenvalue weighted by molar-refractivity contribution is 5.74. The lowest BCUT2D eigenvalue weighted by Crippen LogP contribution is -2.77. The predicted molar refractivity (Wildman–Crippen MR) is 47.7 cm³/mol. The Hall–Kier alpha value is -1.20. The van der Waals surface area contributed by atoms with E-state index in [2.05, 4.69) is 5.10 Å². The van der Waals surface area contributed by atoms with Gasteiger partial charge in [-0.1, -0.05) is 5.10 Å². The fourth-order valence-corrected chi connectivity index (χ4v) is 1.04. The standard InChI is InChI=1S/C8H13N3O2/c1-2-13-8(12)5-6(9)7-3-4-10-11-7/h3-4,6H,2,5,9H2,1H3,(H,10,11)/p+1. The first-order valence-corrected chi connectivity index (χ1v) is 4.21. The number of carbonyl (C=O) groups is 1. The molecule has 1 rings (SSSR count). The molecule has 0 saturated carbocycles. The Morgan fingerprint density at radius 3 is 3.15 bits per heavy atom. The molecule has 0 fully saturated rings. The summed E-state index contributed by atoms with van der Waals surface area (Å²) in [5.74, 6) is -0.267. The van der Waals surface area contributed by atoms with E-state index in [1.165, 1.54) is 0 Å². The van der Waals surface area contributed by atoms with Crippen LogP contribution in [0.1, 0.15) is 13.3 Å². The van der Waals surface area contributed by atoms with E-state index in [-0.39, 0.29) is 18.4 Å². The van der Waals surface area contributed by atoms with Crippen molar-refractivity contribution in [3.8, 4) is 0 Å². The molecule has 0 spiro atoms. The molecule has 1 aliphatic rings. The van der Waals surface area contributed by atoms with E-state index in [9.17, 15) is 4.79 Å². The number of hydrogen-bond donors (Lipinski definition) is 2. The summed E-state index contributed by atoms with van der Waals surface area (Å²) >= 11 is 0. The first-order valence-electron chi connectivity index (χ1n) is 4.21. The number of esters is 1. The lowest BCUT2D eigenvalue weighted by atomic mass is 10.1. The second kappa shape index (κ2) is 4.74. The van der Waals surface area contributed by atoms with Gasteiger partial charge in [0.2, 0.25) is 0 Å². The quantitative estimate of drug-likeness (QED) is 0.421. The minimum absolute atomic E-state index is 0.208. The molecule has 1 atom stereocenters. The smallest absolute Gasteiger partial charge is 0.307 e. The zero-order valence-electron chi connectivity index (χ0n) is 7.56.